The Bertz CT molecular complexity index is 490. The first-order chi connectivity index (χ1) is 7.24. The van der Waals surface area contributed by atoms with E-state index in [1.165, 1.54) is 0 Å². The third kappa shape index (κ3) is 1.54. The van der Waals surface area contributed by atoms with E-state index in [-0.39, 0.29) is 6.10 Å². The Morgan fingerprint density at radius 3 is 3.07 bits per heavy atom. The summed E-state index contributed by atoms with van der Waals surface area (Å²) < 4.78 is 4.89. The summed E-state index contributed by atoms with van der Waals surface area (Å²) in [4.78, 5) is 13.3. The Morgan fingerprint density at radius 2 is 2.33 bits per heavy atom. The normalized spacial score (nSPS) is 12.6. The summed E-state index contributed by atoms with van der Waals surface area (Å²) in [6.45, 7) is 2.27. The second kappa shape index (κ2) is 3.65. The maximum absolute atomic E-state index is 10.3. The second-order valence-electron chi connectivity index (χ2n) is 3.39. The Morgan fingerprint density at radius 1 is 1.53 bits per heavy atom. The molecular weight excluding hydrogens is 192 g/mol. The van der Waals surface area contributed by atoms with Gasteiger partial charge >= 0.3 is 0 Å². The van der Waals surface area contributed by atoms with E-state index in [4.69, 9.17) is 10.5 Å². The quantitative estimate of drug-likeness (QED) is 0.593. The number of aromatic amines is 1. The van der Waals surface area contributed by atoms with Crippen LogP contribution in [-0.2, 0) is 9.53 Å². The summed E-state index contributed by atoms with van der Waals surface area (Å²) in [5, 5.41) is 0.990. The monoisotopic (exact) mass is 204 g/mol. The lowest BCUT2D eigenvalue weighted by molar-refractivity contribution is -0.133. The van der Waals surface area contributed by atoms with E-state index in [1.54, 1.807) is 0 Å². The summed E-state index contributed by atoms with van der Waals surface area (Å²) in [6.07, 6.45) is 1.55. The molecule has 1 atom stereocenters. The molecule has 4 heteroatoms. The molecule has 0 spiro atoms. The molecule has 2 aromatic rings. The number of ether oxygens (including phenoxy) is 1. The first-order valence-corrected chi connectivity index (χ1v) is 4.68. The van der Waals surface area contributed by atoms with Crippen LogP contribution in [0.5, 0.6) is 0 Å². The van der Waals surface area contributed by atoms with Crippen LogP contribution < -0.4 is 5.73 Å². The standard InChI is InChI=1S/C11H12N2O2/c1-7(15-6-14)9-5-13-11-8(9)3-2-4-10(11)12/h2-7,13H,12H2,1H3. The van der Waals surface area contributed by atoms with Crippen LogP contribution in [0.3, 0.4) is 0 Å². The first kappa shape index (κ1) is 9.58. The molecule has 1 unspecified atom stereocenters. The molecule has 0 saturated heterocycles. The van der Waals surface area contributed by atoms with Gasteiger partial charge in [0.2, 0.25) is 0 Å². The Hall–Kier alpha value is -1.97. The Labute approximate surface area is 87.0 Å². The van der Waals surface area contributed by atoms with Crippen LogP contribution in [0.15, 0.2) is 24.4 Å². The summed E-state index contributed by atoms with van der Waals surface area (Å²) >= 11 is 0. The van der Waals surface area contributed by atoms with Crippen molar-refractivity contribution >= 4 is 23.1 Å². The minimum Gasteiger partial charge on any atom is -0.460 e. The number of carbonyl (C=O) groups is 1. The van der Waals surface area contributed by atoms with Crippen molar-refractivity contribution < 1.29 is 9.53 Å². The highest BCUT2D eigenvalue weighted by atomic mass is 16.5. The van der Waals surface area contributed by atoms with Crippen LogP contribution >= 0.6 is 0 Å². The van der Waals surface area contributed by atoms with Gasteiger partial charge in [0.1, 0.15) is 6.10 Å². The van der Waals surface area contributed by atoms with Crippen LogP contribution in [-0.4, -0.2) is 11.5 Å². The fraction of sp³-hybridized carbons (Fsp3) is 0.182. The summed E-state index contributed by atoms with van der Waals surface area (Å²) in [6, 6.07) is 5.65. The van der Waals surface area contributed by atoms with Gasteiger partial charge in [-0.2, -0.15) is 0 Å². The molecular formula is C11H12N2O2. The second-order valence-corrected chi connectivity index (χ2v) is 3.39. The lowest BCUT2D eigenvalue weighted by Crippen LogP contribution is -1.96. The number of nitrogens with two attached hydrogens (primary N) is 1. The first-order valence-electron chi connectivity index (χ1n) is 4.68. The molecule has 1 aromatic heterocycles. The lowest BCUT2D eigenvalue weighted by atomic mass is 10.1. The predicted octanol–water partition coefficient (Wildman–Crippen LogP) is 1.98. The van der Waals surface area contributed by atoms with E-state index < -0.39 is 0 Å². The van der Waals surface area contributed by atoms with E-state index in [1.807, 2.05) is 31.3 Å². The average Bonchev–Trinajstić information content (AvgIpc) is 2.63. The van der Waals surface area contributed by atoms with Crippen LogP contribution in [0.1, 0.15) is 18.6 Å². The number of fused-ring (bicyclic) bond motifs is 1. The number of hydrogen-bond acceptors (Lipinski definition) is 3. The molecule has 0 fully saturated rings. The molecule has 0 aliphatic heterocycles. The van der Waals surface area contributed by atoms with Crippen molar-refractivity contribution in [2.45, 2.75) is 13.0 Å². The van der Waals surface area contributed by atoms with Gasteiger partial charge < -0.3 is 15.5 Å². The van der Waals surface area contributed by atoms with E-state index in [0.29, 0.717) is 12.2 Å². The highest BCUT2D eigenvalue weighted by Crippen LogP contribution is 2.28. The fourth-order valence-corrected chi connectivity index (χ4v) is 1.69. The number of anilines is 1. The van der Waals surface area contributed by atoms with Crippen molar-refractivity contribution in [3.05, 3.63) is 30.0 Å². The van der Waals surface area contributed by atoms with E-state index >= 15 is 0 Å². The largest absolute Gasteiger partial charge is 0.460 e. The number of hydrogen-bond donors (Lipinski definition) is 2. The number of H-pyrrole nitrogens is 1. The third-order valence-corrected chi connectivity index (χ3v) is 2.48. The number of aromatic nitrogens is 1. The minimum atomic E-state index is -0.266. The summed E-state index contributed by atoms with van der Waals surface area (Å²) in [5.74, 6) is 0. The Kier molecular flexibility index (Phi) is 2.33. The van der Waals surface area contributed by atoms with Gasteiger partial charge in [-0.25, -0.2) is 0 Å². The molecule has 4 nitrogen and oxygen atoms in total. The highest BCUT2D eigenvalue weighted by Gasteiger charge is 2.12. The van der Waals surface area contributed by atoms with Gasteiger partial charge in [0.05, 0.1) is 11.2 Å². The van der Waals surface area contributed by atoms with Crippen molar-refractivity contribution in [3.8, 4) is 0 Å². The molecule has 1 heterocycles. The smallest absolute Gasteiger partial charge is 0.293 e. The topological polar surface area (TPSA) is 68.1 Å². The van der Waals surface area contributed by atoms with Crippen LogP contribution in [0.4, 0.5) is 5.69 Å². The van der Waals surface area contributed by atoms with Crippen LogP contribution in [0, 0.1) is 0 Å². The fourth-order valence-electron chi connectivity index (χ4n) is 1.69. The molecule has 0 aliphatic carbocycles. The number of para-hydroxylation sites is 1. The molecule has 3 N–H and O–H groups in total. The SMILES string of the molecule is CC(OC=O)c1c[nH]c2c(N)cccc12. The summed E-state index contributed by atoms with van der Waals surface area (Å²) in [5.41, 5.74) is 8.31. The van der Waals surface area contributed by atoms with Gasteiger partial charge in [0.15, 0.2) is 0 Å². The zero-order chi connectivity index (χ0) is 10.8. The lowest BCUT2D eigenvalue weighted by Gasteiger charge is -2.07. The zero-order valence-electron chi connectivity index (χ0n) is 8.36. The van der Waals surface area contributed by atoms with Crippen LogP contribution in [0.25, 0.3) is 10.9 Å². The molecule has 15 heavy (non-hydrogen) atoms. The number of nitrogen functional groups attached to an aromatic ring is 1. The van der Waals surface area contributed by atoms with Crippen molar-refractivity contribution in [2.24, 2.45) is 0 Å². The number of carbonyl (C=O) groups excluding carboxylic acids is 1. The Balaban J connectivity index is 2.53. The van der Waals surface area contributed by atoms with E-state index in [0.717, 1.165) is 16.5 Å². The van der Waals surface area contributed by atoms with Crippen molar-refractivity contribution in [3.63, 3.8) is 0 Å². The average molecular weight is 204 g/mol. The third-order valence-electron chi connectivity index (χ3n) is 2.48. The van der Waals surface area contributed by atoms with Gasteiger partial charge in [-0.05, 0) is 13.0 Å². The molecule has 78 valence electrons. The molecule has 0 bridgehead atoms. The van der Waals surface area contributed by atoms with Gasteiger partial charge in [-0.3, -0.25) is 4.79 Å². The molecule has 1 aromatic carbocycles. The number of nitrogens with one attached hydrogen (secondary N) is 1. The maximum atomic E-state index is 10.3. The van der Waals surface area contributed by atoms with Gasteiger partial charge in [0.25, 0.3) is 6.47 Å². The highest BCUT2D eigenvalue weighted by molar-refractivity contribution is 5.92. The predicted molar refractivity (Wildman–Crippen MR) is 58.3 cm³/mol. The minimum absolute atomic E-state index is 0.266. The van der Waals surface area contributed by atoms with Gasteiger partial charge in [-0.15, -0.1) is 0 Å². The number of benzene rings is 1. The van der Waals surface area contributed by atoms with Gasteiger partial charge in [0, 0.05) is 17.1 Å². The van der Waals surface area contributed by atoms with Crippen molar-refractivity contribution in [1.29, 1.82) is 0 Å². The maximum Gasteiger partial charge on any atom is 0.293 e. The number of rotatable bonds is 3. The molecule has 0 amide bonds. The van der Waals surface area contributed by atoms with Crippen LogP contribution in [0.2, 0.25) is 0 Å². The summed E-state index contributed by atoms with van der Waals surface area (Å²) in [7, 11) is 0. The molecule has 0 aliphatic rings. The molecule has 0 saturated carbocycles. The van der Waals surface area contributed by atoms with Crippen molar-refractivity contribution in [2.75, 3.05) is 5.73 Å². The van der Waals surface area contributed by atoms with E-state index in [9.17, 15) is 4.79 Å². The van der Waals surface area contributed by atoms with Gasteiger partial charge in [-0.1, -0.05) is 12.1 Å². The van der Waals surface area contributed by atoms with Crippen molar-refractivity contribution in [1.82, 2.24) is 4.98 Å². The molecule has 2 rings (SSSR count). The van der Waals surface area contributed by atoms with E-state index in [2.05, 4.69) is 4.98 Å². The zero-order valence-corrected chi connectivity index (χ0v) is 8.36. The molecule has 0 radical (unpaired) electrons.